The minimum Gasteiger partial charge on any atom is -0.482 e. The molecule has 158 valence electrons. The number of nitrogens with two attached hydrogens (primary N) is 1. The lowest BCUT2D eigenvalue weighted by Crippen LogP contribution is -2.25. The van der Waals surface area contributed by atoms with Crippen LogP contribution in [0.4, 0.5) is 14.5 Å². The Bertz CT molecular complexity index is 1190. The molecule has 5 N–H and O–H groups in total. The van der Waals surface area contributed by atoms with Gasteiger partial charge in [0, 0.05) is 6.54 Å². The Balaban J connectivity index is 0.000000211. The van der Waals surface area contributed by atoms with Gasteiger partial charge in [0.05, 0.1) is 11.2 Å². The highest BCUT2D eigenvalue weighted by molar-refractivity contribution is 5.95. The van der Waals surface area contributed by atoms with E-state index in [0.29, 0.717) is 18.0 Å². The maximum Gasteiger partial charge on any atom is 0.372 e. The molecule has 0 saturated carbocycles. The molecule has 0 unspecified atom stereocenters. The van der Waals surface area contributed by atoms with Gasteiger partial charge in [-0.15, -0.1) is 12.4 Å². The second-order valence-corrected chi connectivity index (χ2v) is 5.85. The number of anilines is 1. The molecule has 2 heterocycles. The van der Waals surface area contributed by atoms with Crippen molar-refractivity contribution < 1.29 is 28.2 Å². The van der Waals surface area contributed by atoms with Gasteiger partial charge in [0.15, 0.2) is 18.2 Å². The SMILES string of the molecule is Cl.NCc1ccc2c(c1)NC(=O)CO2.O=C(O)c1nc2ccc(F)c(F)c2c(=O)[nH]1. The van der Waals surface area contributed by atoms with Crippen LogP contribution in [0.2, 0.25) is 0 Å². The molecular formula is C18H15ClF2N4O5. The third-order valence-electron chi connectivity index (χ3n) is 3.88. The fourth-order valence-electron chi connectivity index (χ4n) is 2.53. The normalized spacial score (nSPS) is 11.9. The van der Waals surface area contributed by atoms with Crippen LogP contribution in [0.3, 0.4) is 0 Å². The minimum atomic E-state index is -1.45. The van der Waals surface area contributed by atoms with Gasteiger partial charge in [0.1, 0.15) is 11.1 Å². The molecule has 1 aliphatic heterocycles. The number of carboxylic acid groups (broad SMARTS) is 1. The van der Waals surface area contributed by atoms with E-state index in [-0.39, 0.29) is 30.4 Å². The molecule has 0 spiro atoms. The molecule has 3 aromatic rings. The van der Waals surface area contributed by atoms with Crippen molar-refractivity contribution in [2.45, 2.75) is 6.54 Å². The van der Waals surface area contributed by atoms with Crippen molar-refractivity contribution in [2.75, 3.05) is 11.9 Å². The summed E-state index contributed by atoms with van der Waals surface area (Å²) in [6.07, 6.45) is 0. The number of aromatic carboxylic acids is 1. The van der Waals surface area contributed by atoms with Gasteiger partial charge in [0.25, 0.3) is 11.5 Å². The molecule has 0 fully saturated rings. The first-order valence-electron chi connectivity index (χ1n) is 8.17. The topological polar surface area (TPSA) is 147 Å². The van der Waals surface area contributed by atoms with E-state index >= 15 is 0 Å². The van der Waals surface area contributed by atoms with Crippen LogP contribution in [0.25, 0.3) is 10.9 Å². The van der Waals surface area contributed by atoms with Crippen LogP contribution in [0.1, 0.15) is 16.2 Å². The number of nitrogens with zero attached hydrogens (tertiary/aromatic N) is 1. The Hall–Kier alpha value is -3.57. The number of hydrogen-bond acceptors (Lipinski definition) is 6. The second kappa shape index (κ2) is 9.29. The van der Waals surface area contributed by atoms with Crippen LogP contribution >= 0.6 is 12.4 Å². The number of aromatic amines is 1. The molecule has 0 radical (unpaired) electrons. The largest absolute Gasteiger partial charge is 0.482 e. The Kier molecular flexibility index (Phi) is 7.03. The van der Waals surface area contributed by atoms with Crippen molar-refractivity contribution in [2.24, 2.45) is 5.73 Å². The summed E-state index contributed by atoms with van der Waals surface area (Å²) in [5, 5.41) is 10.7. The van der Waals surface area contributed by atoms with Crippen LogP contribution in [0, 0.1) is 11.6 Å². The number of hydrogen-bond donors (Lipinski definition) is 4. The van der Waals surface area contributed by atoms with E-state index in [1.165, 1.54) is 0 Å². The third kappa shape index (κ3) is 4.70. The summed E-state index contributed by atoms with van der Waals surface area (Å²) in [7, 11) is 0. The molecule has 4 rings (SSSR count). The summed E-state index contributed by atoms with van der Waals surface area (Å²) >= 11 is 0. The van der Waals surface area contributed by atoms with Crippen molar-refractivity contribution in [3.05, 3.63) is 63.7 Å². The van der Waals surface area contributed by atoms with Crippen molar-refractivity contribution in [1.82, 2.24) is 9.97 Å². The molecule has 12 heteroatoms. The van der Waals surface area contributed by atoms with E-state index in [1.807, 2.05) is 23.2 Å². The Morgan fingerprint density at radius 1 is 1.23 bits per heavy atom. The maximum atomic E-state index is 13.2. The number of ether oxygens (including phenoxy) is 1. The van der Waals surface area contributed by atoms with Gasteiger partial charge in [-0.25, -0.2) is 18.6 Å². The summed E-state index contributed by atoms with van der Waals surface area (Å²) in [5.74, 6) is -4.03. The molecule has 30 heavy (non-hydrogen) atoms. The monoisotopic (exact) mass is 440 g/mol. The van der Waals surface area contributed by atoms with Gasteiger partial charge in [-0.1, -0.05) is 6.07 Å². The van der Waals surface area contributed by atoms with Crippen LogP contribution in [0.15, 0.2) is 35.1 Å². The van der Waals surface area contributed by atoms with Gasteiger partial charge in [0.2, 0.25) is 5.82 Å². The van der Waals surface area contributed by atoms with E-state index < -0.39 is 34.4 Å². The highest BCUT2D eigenvalue weighted by atomic mass is 35.5. The zero-order chi connectivity index (χ0) is 21.1. The van der Waals surface area contributed by atoms with E-state index in [9.17, 15) is 23.2 Å². The number of carbonyl (C=O) groups excluding carboxylic acids is 1. The number of carboxylic acids is 1. The van der Waals surface area contributed by atoms with Gasteiger partial charge in [-0.3, -0.25) is 9.59 Å². The lowest BCUT2D eigenvalue weighted by atomic mass is 10.1. The summed E-state index contributed by atoms with van der Waals surface area (Å²) in [6, 6.07) is 7.34. The number of fused-ring (bicyclic) bond motifs is 2. The molecule has 0 bridgehead atoms. The lowest BCUT2D eigenvalue weighted by molar-refractivity contribution is -0.118. The molecule has 0 saturated heterocycles. The average Bonchev–Trinajstić information content (AvgIpc) is 2.70. The smallest absolute Gasteiger partial charge is 0.372 e. The fraction of sp³-hybridized carbons (Fsp3) is 0.111. The molecule has 9 nitrogen and oxygen atoms in total. The van der Waals surface area contributed by atoms with Crippen molar-refractivity contribution >= 4 is 40.9 Å². The van der Waals surface area contributed by atoms with Crippen LogP contribution in [-0.2, 0) is 11.3 Å². The fourth-order valence-corrected chi connectivity index (χ4v) is 2.53. The Morgan fingerprint density at radius 2 is 1.97 bits per heavy atom. The van der Waals surface area contributed by atoms with E-state index in [1.54, 1.807) is 0 Å². The number of amides is 1. The first-order chi connectivity index (χ1) is 13.8. The standard InChI is InChI=1S/C9H4F2N2O3.C9H10N2O2.ClH/c10-3-1-2-4-5(6(3)11)8(14)13-7(12-4)9(15)16;10-4-6-1-2-8-7(3-6)11-9(12)5-13-8;/h1-2H,(H,15,16)(H,12,13,14);1-3H,4-5,10H2,(H,11,12);1H. The van der Waals surface area contributed by atoms with E-state index in [2.05, 4.69) is 10.3 Å². The van der Waals surface area contributed by atoms with Crippen LogP contribution in [-0.4, -0.2) is 33.6 Å². The maximum absolute atomic E-state index is 13.2. The highest BCUT2D eigenvalue weighted by Crippen LogP contribution is 2.28. The van der Waals surface area contributed by atoms with Crippen molar-refractivity contribution in [3.8, 4) is 5.75 Å². The zero-order valence-corrected chi connectivity index (χ0v) is 15.9. The first-order valence-corrected chi connectivity index (χ1v) is 8.17. The van der Waals surface area contributed by atoms with Crippen LogP contribution < -0.4 is 21.3 Å². The summed E-state index contributed by atoms with van der Waals surface area (Å²) in [4.78, 5) is 38.1. The Labute approximate surface area is 173 Å². The molecular weight excluding hydrogens is 426 g/mol. The van der Waals surface area contributed by atoms with Gasteiger partial charge in [-0.05, 0) is 29.8 Å². The number of rotatable bonds is 2. The van der Waals surface area contributed by atoms with Gasteiger partial charge < -0.3 is 25.9 Å². The van der Waals surface area contributed by atoms with Crippen LogP contribution in [0.5, 0.6) is 5.75 Å². The predicted molar refractivity (Wildman–Crippen MR) is 105 cm³/mol. The highest BCUT2D eigenvalue weighted by Gasteiger charge is 2.16. The quantitative estimate of drug-likeness (QED) is 0.475. The van der Waals surface area contributed by atoms with E-state index in [4.69, 9.17) is 15.6 Å². The average molecular weight is 441 g/mol. The third-order valence-corrected chi connectivity index (χ3v) is 3.88. The number of halogens is 3. The summed E-state index contributed by atoms with van der Waals surface area (Å²) in [6.45, 7) is 0.554. The van der Waals surface area contributed by atoms with Gasteiger partial charge >= 0.3 is 5.97 Å². The van der Waals surface area contributed by atoms with Crippen molar-refractivity contribution in [1.29, 1.82) is 0 Å². The lowest BCUT2D eigenvalue weighted by Gasteiger charge is -2.18. The number of aromatic nitrogens is 2. The second-order valence-electron chi connectivity index (χ2n) is 5.85. The van der Waals surface area contributed by atoms with Crippen molar-refractivity contribution in [3.63, 3.8) is 0 Å². The summed E-state index contributed by atoms with van der Waals surface area (Å²) < 4.78 is 31.2. The molecule has 0 aliphatic carbocycles. The molecule has 1 aromatic heterocycles. The number of carbonyl (C=O) groups is 2. The van der Waals surface area contributed by atoms with Gasteiger partial charge in [-0.2, -0.15) is 0 Å². The molecule has 1 amide bonds. The zero-order valence-electron chi connectivity index (χ0n) is 15.1. The first kappa shape index (κ1) is 22.7. The predicted octanol–water partition coefficient (Wildman–Crippen LogP) is 1.80. The summed E-state index contributed by atoms with van der Waals surface area (Å²) in [5.41, 5.74) is 5.91. The van der Waals surface area contributed by atoms with E-state index in [0.717, 1.165) is 17.7 Å². The number of H-pyrrole nitrogens is 1. The number of benzene rings is 2. The molecule has 1 aliphatic rings. The molecule has 0 atom stereocenters. The number of nitrogens with one attached hydrogen (secondary N) is 2. The minimum absolute atomic E-state index is 0. The molecule has 2 aromatic carbocycles. The Morgan fingerprint density at radius 3 is 2.63 bits per heavy atom.